The van der Waals surface area contributed by atoms with Crippen molar-refractivity contribution in [3.63, 3.8) is 0 Å². The minimum absolute atomic E-state index is 0.0613. The molecule has 0 fully saturated rings. The van der Waals surface area contributed by atoms with Crippen LogP contribution in [0.3, 0.4) is 0 Å². The van der Waals surface area contributed by atoms with Crippen LogP contribution in [0, 0.1) is 0 Å². The lowest BCUT2D eigenvalue weighted by molar-refractivity contribution is -0.132. The summed E-state index contributed by atoms with van der Waals surface area (Å²) >= 11 is 0. The summed E-state index contributed by atoms with van der Waals surface area (Å²) in [6, 6.07) is 9.26. The molecule has 25 heavy (non-hydrogen) atoms. The van der Waals surface area contributed by atoms with Crippen LogP contribution in [0.5, 0.6) is 0 Å². The van der Waals surface area contributed by atoms with E-state index in [-0.39, 0.29) is 18.6 Å². The van der Waals surface area contributed by atoms with Crippen LogP contribution in [-0.2, 0) is 9.59 Å². The van der Waals surface area contributed by atoms with Crippen molar-refractivity contribution in [2.75, 3.05) is 6.61 Å². The second-order valence-electron chi connectivity index (χ2n) is 4.95. The molecule has 0 unspecified atom stereocenters. The Morgan fingerprint density at radius 1 is 1.04 bits per heavy atom. The Morgan fingerprint density at radius 3 is 2.24 bits per heavy atom. The molecule has 1 rings (SSSR count). The number of allylic oxidation sites excluding steroid dienone is 4. The number of carboxylic acid groups (broad SMARTS) is 2. The maximum atomic E-state index is 11.6. The molecule has 3 N–H and O–H groups in total. The normalized spacial score (nSPS) is 13.1. The van der Waals surface area contributed by atoms with E-state index in [9.17, 15) is 19.8 Å². The van der Waals surface area contributed by atoms with Crippen LogP contribution in [0.2, 0.25) is 0 Å². The molecular formula is C20H20O5. The van der Waals surface area contributed by atoms with E-state index in [4.69, 9.17) is 5.11 Å². The second-order valence-corrected chi connectivity index (χ2v) is 4.95. The summed E-state index contributed by atoms with van der Waals surface area (Å²) in [4.78, 5) is 22.3. The average Bonchev–Trinajstić information content (AvgIpc) is 2.58. The molecule has 5 heteroatoms. The first-order valence-corrected chi connectivity index (χ1v) is 7.54. The summed E-state index contributed by atoms with van der Waals surface area (Å²) in [5.41, 5.74) is 1.53. The Morgan fingerprint density at radius 2 is 1.72 bits per heavy atom. The predicted molar refractivity (Wildman–Crippen MR) is 96.9 cm³/mol. The molecule has 0 aromatic heterocycles. The highest BCUT2D eigenvalue weighted by atomic mass is 16.4. The Kier molecular flexibility index (Phi) is 8.40. The third kappa shape index (κ3) is 6.85. The number of aliphatic hydroxyl groups is 1. The van der Waals surface area contributed by atoms with Gasteiger partial charge in [-0.2, -0.15) is 0 Å². The highest BCUT2D eigenvalue weighted by Gasteiger charge is 2.15. The minimum Gasteiger partial charge on any atom is -0.478 e. The van der Waals surface area contributed by atoms with Crippen molar-refractivity contribution >= 4 is 18.0 Å². The predicted octanol–water partition coefficient (Wildman–Crippen LogP) is 3.22. The molecule has 5 nitrogen and oxygen atoms in total. The molecule has 0 radical (unpaired) electrons. The van der Waals surface area contributed by atoms with Gasteiger partial charge in [-0.25, -0.2) is 9.59 Å². The number of carboxylic acids is 2. The van der Waals surface area contributed by atoms with Crippen LogP contribution in [0.1, 0.15) is 12.0 Å². The van der Waals surface area contributed by atoms with Gasteiger partial charge in [-0.1, -0.05) is 55.1 Å². The number of carbonyl (C=O) groups is 2. The summed E-state index contributed by atoms with van der Waals surface area (Å²) in [6.45, 7) is 3.32. The third-order valence-electron chi connectivity index (χ3n) is 3.19. The van der Waals surface area contributed by atoms with E-state index in [0.717, 1.165) is 17.7 Å². The van der Waals surface area contributed by atoms with Gasteiger partial charge >= 0.3 is 11.9 Å². The summed E-state index contributed by atoms with van der Waals surface area (Å²) < 4.78 is 0. The fraction of sp³-hybridized carbons (Fsp3) is 0.100. The van der Waals surface area contributed by atoms with Crippen molar-refractivity contribution in [1.82, 2.24) is 0 Å². The molecule has 0 atom stereocenters. The lowest BCUT2D eigenvalue weighted by atomic mass is 9.94. The second kappa shape index (κ2) is 10.6. The van der Waals surface area contributed by atoms with E-state index in [1.807, 2.05) is 30.3 Å². The van der Waals surface area contributed by atoms with E-state index in [1.54, 1.807) is 24.3 Å². The molecule has 130 valence electrons. The molecule has 0 amide bonds. The highest BCUT2D eigenvalue weighted by Crippen LogP contribution is 2.24. The highest BCUT2D eigenvalue weighted by molar-refractivity contribution is 5.94. The van der Waals surface area contributed by atoms with Gasteiger partial charge in [0.25, 0.3) is 0 Å². The van der Waals surface area contributed by atoms with E-state index < -0.39 is 11.9 Å². The van der Waals surface area contributed by atoms with Crippen molar-refractivity contribution in [2.24, 2.45) is 0 Å². The van der Waals surface area contributed by atoms with Crippen LogP contribution in [0.15, 0.2) is 84.0 Å². The Labute approximate surface area is 146 Å². The molecule has 0 spiro atoms. The number of hydrogen-bond donors (Lipinski definition) is 3. The first kappa shape index (κ1) is 19.9. The van der Waals surface area contributed by atoms with Gasteiger partial charge in [-0.05, 0) is 35.3 Å². The zero-order valence-corrected chi connectivity index (χ0v) is 13.6. The molecule has 0 aliphatic heterocycles. The summed E-state index contributed by atoms with van der Waals surface area (Å²) in [6.07, 6.45) is 8.47. The van der Waals surface area contributed by atoms with Crippen LogP contribution >= 0.6 is 0 Å². The van der Waals surface area contributed by atoms with Crippen molar-refractivity contribution in [3.8, 4) is 0 Å². The number of aliphatic hydroxyl groups excluding tert-OH is 1. The minimum atomic E-state index is -1.27. The smallest absolute Gasteiger partial charge is 0.335 e. The topological polar surface area (TPSA) is 94.8 Å². The van der Waals surface area contributed by atoms with Crippen LogP contribution in [0.4, 0.5) is 0 Å². The van der Waals surface area contributed by atoms with Gasteiger partial charge in [0.15, 0.2) is 0 Å². The molecule has 0 bridgehead atoms. The van der Waals surface area contributed by atoms with Gasteiger partial charge in [0.1, 0.15) is 0 Å². The third-order valence-corrected chi connectivity index (χ3v) is 3.19. The fourth-order valence-corrected chi connectivity index (χ4v) is 2.14. The Balaban J connectivity index is 3.59. The summed E-state index contributed by atoms with van der Waals surface area (Å²) in [5, 5.41) is 27.6. The standard InChI is InChI=1S/C20H20O5/c1-2-3-9-16(14-15-7-5-4-6-8-15)17(12-13-21)18(20(24)25)10-11-19(22)23/h2-11,14,21H,1,12-13H2,(H,22,23)(H,24,25). The maximum absolute atomic E-state index is 11.6. The van der Waals surface area contributed by atoms with Gasteiger partial charge in [0.2, 0.25) is 0 Å². The molecule has 1 aromatic carbocycles. The molecular weight excluding hydrogens is 320 g/mol. The zero-order chi connectivity index (χ0) is 18.7. The quantitative estimate of drug-likeness (QED) is 0.474. The van der Waals surface area contributed by atoms with Crippen LogP contribution in [-0.4, -0.2) is 33.9 Å². The van der Waals surface area contributed by atoms with Crippen molar-refractivity contribution in [2.45, 2.75) is 6.42 Å². The first-order chi connectivity index (χ1) is 12.0. The number of rotatable bonds is 9. The van der Waals surface area contributed by atoms with E-state index in [1.165, 1.54) is 0 Å². The molecule has 0 heterocycles. The monoisotopic (exact) mass is 340 g/mol. The van der Waals surface area contributed by atoms with Gasteiger partial charge in [0.05, 0.1) is 5.57 Å². The molecule has 0 saturated heterocycles. The SMILES string of the molecule is C=CC=CC(=Cc1ccccc1)C(CCO)=C(C=CC(=O)O)C(=O)O. The molecule has 0 aliphatic rings. The largest absolute Gasteiger partial charge is 0.478 e. The average molecular weight is 340 g/mol. The zero-order valence-electron chi connectivity index (χ0n) is 13.6. The van der Waals surface area contributed by atoms with Crippen LogP contribution < -0.4 is 0 Å². The molecule has 0 aliphatic carbocycles. The molecule has 0 saturated carbocycles. The lowest BCUT2D eigenvalue weighted by Crippen LogP contribution is -2.06. The van der Waals surface area contributed by atoms with E-state index in [2.05, 4.69) is 6.58 Å². The maximum Gasteiger partial charge on any atom is 0.335 e. The number of hydrogen-bond acceptors (Lipinski definition) is 3. The van der Waals surface area contributed by atoms with Gasteiger partial charge in [-0.3, -0.25) is 0 Å². The van der Waals surface area contributed by atoms with Crippen molar-refractivity contribution in [3.05, 3.63) is 89.6 Å². The number of aliphatic carboxylic acids is 2. The summed E-state index contributed by atoms with van der Waals surface area (Å²) in [7, 11) is 0. The van der Waals surface area contributed by atoms with Crippen LogP contribution in [0.25, 0.3) is 6.08 Å². The summed E-state index contributed by atoms with van der Waals surface area (Å²) in [5.74, 6) is -2.52. The van der Waals surface area contributed by atoms with Gasteiger partial charge < -0.3 is 15.3 Å². The van der Waals surface area contributed by atoms with E-state index >= 15 is 0 Å². The lowest BCUT2D eigenvalue weighted by Gasteiger charge is -2.11. The van der Waals surface area contributed by atoms with Gasteiger partial charge in [0, 0.05) is 12.7 Å². The van der Waals surface area contributed by atoms with Gasteiger partial charge in [-0.15, -0.1) is 0 Å². The van der Waals surface area contributed by atoms with Crippen molar-refractivity contribution < 1.29 is 24.9 Å². The Hall–Kier alpha value is -3.18. The number of benzene rings is 1. The van der Waals surface area contributed by atoms with E-state index in [0.29, 0.717) is 11.1 Å². The molecule has 1 aromatic rings. The fourth-order valence-electron chi connectivity index (χ4n) is 2.14. The Bertz CT molecular complexity index is 737. The van der Waals surface area contributed by atoms with Crippen molar-refractivity contribution in [1.29, 1.82) is 0 Å². The first-order valence-electron chi connectivity index (χ1n) is 7.54.